The standard InChI is InChI=1S/C23H15N5O/c24-13-17-9-15(6-7-25-17)23-18-10-16-11-21(26-19(16)12-20(18)27-28-23)22(29)8-14-4-2-1-3-5-14/h1-7,9-12,26H,8H2,(H,27,28). The molecule has 0 radical (unpaired) electrons. The van der Waals surface area contributed by atoms with E-state index in [0.29, 0.717) is 17.8 Å². The lowest BCUT2D eigenvalue weighted by atomic mass is 10.1. The van der Waals surface area contributed by atoms with Crippen LogP contribution in [0.2, 0.25) is 0 Å². The van der Waals surface area contributed by atoms with Crippen molar-refractivity contribution in [1.29, 1.82) is 5.26 Å². The summed E-state index contributed by atoms with van der Waals surface area (Å²) in [7, 11) is 0. The fraction of sp³-hybridized carbons (Fsp3) is 0.0435. The molecule has 138 valence electrons. The minimum atomic E-state index is 0.0437. The van der Waals surface area contributed by atoms with Gasteiger partial charge in [-0.3, -0.25) is 9.89 Å². The number of benzene rings is 2. The molecule has 5 aromatic rings. The second-order valence-corrected chi connectivity index (χ2v) is 6.87. The molecule has 29 heavy (non-hydrogen) atoms. The molecule has 0 aliphatic rings. The zero-order chi connectivity index (χ0) is 19.8. The average molecular weight is 377 g/mol. The maximum absolute atomic E-state index is 12.7. The van der Waals surface area contributed by atoms with Crippen molar-refractivity contribution in [2.45, 2.75) is 6.42 Å². The van der Waals surface area contributed by atoms with E-state index in [4.69, 9.17) is 5.26 Å². The number of carbonyl (C=O) groups excluding carboxylic acids is 1. The van der Waals surface area contributed by atoms with Gasteiger partial charge in [-0.25, -0.2) is 4.98 Å². The minimum Gasteiger partial charge on any atom is -0.352 e. The molecule has 2 N–H and O–H groups in total. The third-order valence-corrected chi connectivity index (χ3v) is 4.96. The number of ketones is 1. The Balaban J connectivity index is 1.55. The fourth-order valence-corrected chi connectivity index (χ4v) is 3.53. The van der Waals surface area contributed by atoms with Gasteiger partial charge in [-0.05, 0) is 35.9 Å². The summed E-state index contributed by atoms with van der Waals surface area (Å²) in [6.45, 7) is 0. The molecular formula is C23H15N5O. The number of hydrogen-bond acceptors (Lipinski definition) is 4. The second kappa shape index (κ2) is 6.73. The number of carbonyl (C=O) groups is 1. The molecule has 0 fully saturated rings. The highest BCUT2D eigenvalue weighted by Gasteiger charge is 2.14. The van der Waals surface area contributed by atoms with E-state index in [1.54, 1.807) is 12.3 Å². The van der Waals surface area contributed by atoms with Gasteiger partial charge in [0.25, 0.3) is 0 Å². The van der Waals surface area contributed by atoms with Gasteiger partial charge in [-0.2, -0.15) is 10.4 Å². The summed E-state index contributed by atoms with van der Waals surface area (Å²) >= 11 is 0. The topological polar surface area (TPSA) is 98.2 Å². The van der Waals surface area contributed by atoms with E-state index in [2.05, 4.69) is 26.2 Å². The predicted octanol–water partition coefficient (Wildman–Crippen LogP) is 4.40. The molecule has 6 heteroatoms. The van der Waals surface area contributed by atoms with Crippen molar-refractivity contribution in [2.75, 3.05) is 0 Å². The van der Waals surface area contributed by atoms with Crippen molar-refractivity contribution in [3.8, 4) is 17.3 Å². The van der Waals surface area contributed by atoms with Crippen LogP contribution in [0.3, 0.4) is 0 Å². The third kappa shape index (κ3) is 3.05. The van der Waals surface area contributed by atoms with E-state index >= 15 is 0 Å². The van der Waals surface area contributed by atoms with Crippen LogP contribution >= 0.6 is 0 Å². The number of rotatable bonds is 4. The lowest BCUT2D eigenvalue weighted by molar-refractivity contribution is 0.0989. The summed E-state index contributed by atoms with van der Waals surface area (Å²) in [4.78, 5) is 19.9. The van der Waals surface area contributed by atoms with Gasteiger partial charge in [0.1, 0.15) is 17.5 Å². The monoisotopic (exact) mass is 377 g/mol. The number of fused-ring (bicyclic) bond motifs is 2. The SMILES string of the molecule is N#Cc1cc(-c2n[nH]c3cc4[nH]c(C(=O)Cc5ccccc5)cc4cc23)ccn1. The summed E-state index contributed by atoms with van der Waals surface area (Å²) in [6.07, 6.45) is 1.95. The molecule has 0 saturated heterocycles. The smallest absolute Gasteiger partial charge is 0.183 e. The maximum Gasteiger partial charge on any atom is 0.183 e. The zero-order valence-corrected chi connectivity index (χ0v) is 15.3. The van der Waals surface area contributed by atoms with Crippen LogP contribution in [0.15, 0.2) is 66.9 Å². The van der Waals surface area contributed by atoms with Crippen molar-refractivity contribution >= 4 is 27.6 Å². The Kier molecular flexibility index (Phi) is 3.92. The number of Topliss-reactive ketones (excluding diaryl/α,β-unsaturated/α-hetero) is 1. The maximum atomic E-state index is 12.7. The molecule has 0 saturated carbocycles. The Labute approximate surface area is 165 Å². The predicted molar refractivity (Wildman–Crippen MR) is 110 cm³/mol. The van der Waals surface area contributed by atoms with E-state index in [0.717, 1.165) is 38.6 Å². The summed E-state index contributed by atoms with van der Waals surface area (Å²) in [6, 6.07) is 21.1. The van der Waals surface area contributed by atoms with Crippen LogP contribution in [0.5, 0.6) is 0 Å². The van der Waals surface area contributed by atoms with Crippen molar-refractivity contribution in [3.63, 3.8) is 0 Å². The molecule has 3 aromatic heterocycles. The Morgan fingerprint density at radius 1 is 1.03 bits per heavy atom. The fourth-order valence-electron chi connectivity index (χ4n) is 3.53. The largest absolute Gasteiger partial charge is 0.352 e. The highest BCUT2D eigenvalue weighted by molar-refractivity contribution is 6.05. The van der Waals surface area contributed by atoms with E-state index in [9.17, 15) is 4.79 Å². The number of pyridine rings is 1. The number of nitriles is 1. The van der Waals surface area contributed by atoms with Crippen LogP contribution in [-0.4, -0.2) is 25.9 Å². The molecule has 0 aliphatic heterocycles. The van der Waals surface area contributed by atoms with E-state index in [1.807, 2.05) is 54.6 Å². The van der Waals surface area contributed by atoms with Gasteiger partial charge in [-0.1, -0.05) is 30.3 Å². The molecule has 5 rings (SSSR count). The van der Waals surface area contributed by atoms with Crippen molar-refractivity contribution < 1.29 is 4.79 Å². The number of aromatic amines is 2. The van der Waals surface area contributed by atoms with Crippen LogP contribution in [0.1, 0.15) is 21.7 Å². The lowest BCUT2D eigenvalue weighted by Crippen LogP contribution is -2.03. The van der Waals surface area contributed by atoms with Gasteiger partial charge < -0.3 is 4.98 Å². The Morgan fingerprint density at radius 2 is 1.90 bits per heavy atom. The summed E-state index contributed by atoms with van der Waals surface area (Å²) in [5.74, 6) is 0.0437. The molecule has 0 aliphatic carbocycles. The first-order valence-electron chi connectivity index (χ1n) is 9.16. The van der Waals surface area contributed by atoms with Crippen molar-refractivity contribution in [2.24, 2.45) is 0 Å². The van der Waals surface area contributed by atoms with Gasteiger partial charge in [0.2, 0.25) is 0 Å². The van der Waals surface area contributed by atoms with E-state index in [1.165, 1.54) is 0 Å². The number of nitrogens with one attached hydrogen (secondary N) is 2. The molecular weight excluding hydrogens is 362 g/mol. The van der Waals surface area contributed by atoms with Gasteiger partial charge in [0, 0.05) is 34.5 Å². The quantitative estimate of drug-likeness (QED) is 0.453. The first kappa shape index (κ1) is 16.9. The van der Waals surface area contributed by atoms with Gasteiger partial charge in [0.15, 0.2) is 5.78 Å². The minimum absolute atomic E-state index is 0.0437. The molecule has 0 spiro atoms. The normalized spacial score (nSPS) is 11.0. The third-order valence-electron chi connectivity index (χ3n) is 4.96. The highest BCUT2D eigenvalue weighted by Crippen LogP contribution is 2.30. The number of aromatic nitrogens is 4. The molecule has 2 aromatic carbocycles. The first-order chi connectivity index (χ1) is 14.2. The Morgan fingerprint density at radius 3 is 2.72 bits per heavy atom. The van der Waals surface area contributed by atoms with Crippen LogP contribution in [-0.2, 0) is 6.42 Å². The lowest BCUT2D eigenvalue weighted by Gasteiger charge is -1.98. The molecule has 0 atom stereocenters. The van der Waals surface area contributed by atoms with Gasteiger partial charge >= 0.3 is 0 Å². The first-order valence-corrected chi connectivity index (χ1v) is 9.16. The molecule has 3 heterocycles. The van der Waals surface area contributed by atoms with E-state index in [-0.39, 0.29) is 5.78 Å². The molecule has 0 unspecified atom stereocenters. The number of hydrogen-bond donors (Lipinski definition) is 2. The Hall–Kier alpha value is -4.24. The van der Waals surface area contributed by atoms with Crippen LogP contribution in [0, 0.1) is 11.3 Å². The Bertz CT molecular complexity index is 1410. The summed E-state index contributed by atoms with van der Waals surface area (Å²) in [5, 5.41) is 18.4. The second-order valence-electron chi connectivity index (χ2n) is 6.87. The average Bonchev–Trinajstić information content (AvgIpc) is 3.36. The molecule has 6 nitrogen and oxygen atoms in total. The van der Waals surface area contributed by atoms with Crippen LogP contribution in [0.4, 0.5) is 0 Å². The summed E-state index contributed by atoms with van der Waals surface area (Å²) in [5.41, 5.74) is 5.21. The van der Waals surface area contributed by atoms with Crippen LogP contribution < -0.4 is 0 Å². The zero-order valence-electron chi connectivity index (χ0n) is 15.3. The van der Waals surface area contributed by atoms with Crippen LogP contribution in [0.25, 0.3) is 33.1 Å². The van der Waals surface area contributed by atoms with Gasteiger partial charge in [0.05, 0.1) is 11.2 Å². The van der Waals surface area contributed by atoms with Gasteiger partial charge in [-0.15, -0.1) is 0 Å². The number of H-pyrrole nitrogens is 2. The highest BCUT2D eigenvalue weighted by atomic mass is 16.1. The van der Waals surface area contributed by atoms with Crippen molar-refractivity contribution in [1.82, 2.24) is 20.2 Å². The van der Waals surface area contributed by atoms with Crippen molar-refractivity contribution in [3.05, 3.63) is 83.8 Å². The summed E-state index contributed by atoms with van der Waals surface area (Å²) < 4.78 is 0. The molecule has 0 amide bonds. The van der Waals surface area contributed by atoms with E-state index < -0.39 is 0 Å². The number of nitrogens with zero attached hydrogens (tertiary/aromatic N) is 3. The molecule has 0 bridgehead atoms.